The van der Waals surface area contributed by atoms with Gasteiger partial charge in [0, 0.05) is 5.56 Å². The second-order valence-corrected chi connectivity index (χ2v) is 4.73. The number of ether oxygens (including phenoxy) is 1. The molecule has 0 fully saturated rings. The number of benzene rings is 1. The van der Waals surface area contributed by atoms with Crippen molar-refractivity contribution in [2.45, 2.75) is 11.8 Å². The number of aldehydes is 1. The Bertz CT molecular complexity index is 769. The van der Waals surface area contributed by atoms with Crippen LogP contribution in [-0.2, 0) is 0 Å². The van der Waals surface area contributed by atoms with E-state index >= 15 is 0 Å². The number of hydrogen-bond acceptors (Lipinski definition) is 4. The number of carbonyl (C=O) groups excluding carboxylic acids is 1. The van der Waals surface area contributed by atoms with Crippen molar-refractivity contribution in [1.82, 2.24) is 0 Å². The smallest absolute Gasteiger partial charge is 0.433 e. The van der Waals surface area contributed by atoms with Gasteiger partial charge in [-0.05, 0) is 24.3 Å². The van der Waals surface area contributed by atoms with Gasteiger partial charge >= 0.3 is 6.18 Å². The Morgan fingerprint density at radius 2 is 2.00 bits per heavy atom. The number of allylic oxidation sites excluding steroid dienone is 2. The molecule has 0 saturated heterocycles. The number of halogens is 3. The topological polar surface area (TPSA) is 73.9 Å². The minimum atomic E-state index is -4.88. The zero-order chi connectivity index (χ0) is 17.1. The third-order valence-electron chi connectivity index (χ3n) is 3.34. The van der Waals surface area contributed by atoms with Crippen molar-refractivity contribution in [3.8, 4) is 17.9 Å². The number of alkyl halides is 3. The number of nitrogens with zero attached hydrogens (tertiary/aromatic N) is 2. The molecule has 0 N–H and O–H groups in total. The van der Waals surface area contributed by atoms with Crippen LogP contribution in [0.3, 0.4) is 0 Å². The molecule has 0 radical (unpaired) electrons. The van der Waals surface area contributed by atoms with Crippen LogP contribution in [0.15, 0.2) is 42.5 Å². The van der Waals surface area contributed by atoms with Gasteiger partial charge in [0.05, 0.1) is 11.6 Å². The normalized spacial score (nSPS) is 22.9. The summed E-state index contributed by atoms with van der Waals surface area (Å²) in [4.78, 5) is 10.7. The molecule has 1 aromatic rings. The third-order valence-corrected chi connectivity index (χ3v) is 3.34. The largest absolute Gasteiger partial charge is 0.470 e. The van der Waals surface area contributed by atoms with E-state index in [-0.39, 0.29) is 16.9 Å². The summed E-state index contributed by atoms with van der Waals surface area (Å²) in [5, 5.41) is 18.1. The highest BCUT2D eigenvalue weighted by Gasteiger charge is 2.61. The Morgan fingerprint density at radius 1 is 1.26 bits per heavy atom. The van der Waals surface area contributed by atoms with Crippen LogP contribution in [0.5, 0.6) is 5.75 Å². The Kier molecular flexibility index (Phi) is 4.24. The van der Waals surface area contributed by atoms with E-state index in [1.54, 1.807) is 12.1 Å². The van der Waals surface area contributed by atoms with Crippen LogP contribution in [0.25, 0.3) is 0 Å². The van der Waals surface area contributed by atoms with Crippen molar-refractivity contribution < 1.29 is 22.7 Å². The van der Waals surface area contributed by atoms with Gasteiger partial charge in [-0.2, -0.15) is 23.7 Å². The Hall–Kier alpha value is -3.06. The lowest BCUT2D eigenvalue weighted by Gasteiger charge is -2.37. The van der Waals surface area contributed by atoms with Crippen molar-refractivity contribution in [2.75, 3.05) is 0 Å². The molecule has 0 aromatic heterocycles. The van der Waals surface area contributed by atoms with Crippen molar-refractivity contribution in [2.24, 2.45) is 5.92 Å². The number of hydrogen-bond donors (Lipinski definition) is 0. The van der Waals surface area contributed by atoms with E-state index in [2.05, 4.69) is 0 Å². The molecule has 23 heavy (non-hydrogen) atoms. The lowest BCUT2D eigenvalue weighted by molar-refractivity contribution is -0.236. The molecular formula is C16H9F3N2O2. The van der Waals surface area contributed by atoms with Crippen molar-refractivity contribution >= 4 is 6.29 Å². The molecule has 1 aliphatic carbocycles. The predicted molar refractivity (Wildman–Crippen MR) is 73.3 cm³/mol. The summed E-state index contributed by atoms with van der Waals surface area (Å²) in [5.74, 6) is -1.96. The minimum Gasteiger partial charge on any atom is -0.470 e. The first-order chi connectivity index (χ1) is 10.9. The highest BCUT2D eigenvalue weighted by Crippen LogP contribution is 2.44. The van der Waals surface area contributed by atoms with Crippen LogP contribution in [0, 0.1) is 28.6 Å². The molecule has 2 unspecified atom stereocenters. The van der Waals surface area contributed by atoms with Crippen LogP contribution in [-0.4, -0.2) is 18.1 Å². The molecule has 7 heteroatoms. The van der Waals surface area contributed by atoms with Crippen LogP contribution in [0.2, 0.25) is 0 Å². The molecular weight excluding hydrogens is 309 g/mol. The lowest BCUT2D eigenvalue weighted by atomic mass is 9.83. The fourth-order valence-electron chi connectivity index (χ4n) is 2.16. The average Bonchev–Trinajstić information content (AvgIpc) is 2.54. The van der Waals surface area contributed by atoms with Crippen LogP contribution < -0.4 is 4.74 Å². The van der Waals surface area contributed by atoms with Gasteiger partial charge < -0.3 is 4.74 Å². The van der Waals surface area contributed by atoms with E-state index in [1.165, 1.54) is 12.1 Å². The van der Waals surface area contributed by atoms with Crippen molar-refractivity contribution in [3.05, 3.63) is 53.6 Å². The van der Waals surface area contributed by atoms with E-state index < -0.39 is 17.7 Å². The molecule has 0 heterocycles. The summed E-state index contributed by atoms with van der Waals surface area (Å²) in [6, 6.07) is 6.71. The van der Waals surface area contributed by atoms with Gasteiger partial charge in [0.1, 0.15) is 24.0 Å². The Morgan fingerprint density at radius 3 is 2.57 bits per heavy atom. The van der Waals surface area contributed by atoms with Gasteiger partial charge in [-0.1, -0.05) is 18.2 Å². The molecule has 0 saturated carbocycles. The maximum atomic E-state index is 13.6. The first-order valence-electron chi connectivity index (χ1n) is 6.38. The molecule has 0 spiro atoms. The van der Waals surface area contributed by atoms with Crippen molar-refractivity contribution in [3.63, 3.8) is 0 Å². The quantitative estimate of drug-likeness (QED) is 0.801. The Labute approximate surface area is 129 Å². The van der Waals surface area contributed by atoms with Gasteiger partial charge in [0.2, 0.25) is 5.60 Å². The molecule has 0 bridgehead atoms. The summed E-state index contributed by atoms with van der Waals surface area (Å²) in [5.41, 5.74) is -2.99. The molecule has 1 aromatic carbocycles. The first kappa shape index (κ1) is 16.3. The maximum absolute atomic E-state index is 13.6. The summed E-state index contributed by atoms with van der Waals surface area (Å²) in [7, 11) is 0. The van der Waals surface area contributed by atoms with Crippen LogP contribution >= 0.6 is 0 Å². The molecule has 1 aliphatic rings. The standard InChI is InChI=1S/C16H9F3N2O2/c17-16(18,19)15(6-2-1-3-13(15)9-21)23-14-5-4-11(10-22)7-12(14)8-20/h1-7,10,13H. The SMILES string of the molecule is N#Cc1cc(C=O)ccc1OC1(C(F)(F)F)C=CC=CC1C#N. The second-order valence-electron chi connectivity index (χ2n) is 4.73. The van der Waals surface area contributed by atoms with Gasteiger partial charge in [0.25, 0.3) is 0 Å². The number of carbonyl (C=O) groups is 1. The number of nitriles is 2. The average molecular weight is 318 g/mol. The van der Waals surface area contributed by atoms with E-state index in [0.717, 1.165) is 30.4 Å². The molecule has 116 valence electrons. The van der Waals surface area contributed by atoms with E-state index in [4.69, 9.17) is 15.3 Å². The summed E-state index contributed by atoms with van der Waals surface area (Å²) in [6.45, 7) is 0. The third kappa shape index (κ3) is 2.82. The van der Waals surface area contributed by atoms with E-state index in [9.17, 15) is 18.0 Å². The monoisotopic (exact) mass is 318 g/mol. The van der Waals surface area contributed by atoms with Gasteiger partial charge in [-0.15, -0.1) is 0 Å². The predicted octanol–water partition coefficient (Wildman–Crippen LogP) is 3.32. The first-order valence-corrected chi connectivity index (χ1v) is 6.38. The van der Waals surface area contributed by atoms with Crippen LogP contribution in [0.1, 0.15) is 15.9 Å². The highest BCUT2D eigenvalue weighted by molar-refractivity contribution is 5.76. The zero-order valence-electron chi connectivity index (χ0n) is 11.5. The summed E-state index contributed by atoms with van der Waals surface area (Å²) < 4.78 is 45.9. The van der Waals surface area contributed by atoms with Crippen LogP contribution in [0.4, 0.5) is 13.2 Å². The maximum Gasteiger partial charge on any atom is 0.433 e. The molecule has 2 rings (SSSR count). The molecule has 0 aliphatic heterocycles. The van der Waals surface area contributed by atoms with Gasteiger partial charge in [-0.25, -0.2) is 0 Å². The second kappa shape index (κ2) is 5.98. The summed E-state index contributed by atoms with van der Waals surface area (Å²) >= 11 is 0. The fraction of sp³-hybridized carbons (Fsp3) is 0.188. The molecule has 0 amide bonds. The Balaban J connectivity index is 2.56. The van der Waals surface area contributed by atoms with Crippen molar-refractivity contribution in [1.29, 1.82) is 10.5 Å². The van der Waals surface area contributed by atoms with Gasteiger partial charge in [0.15, 0.2) is 0 Å². The zero-order valence-corrected chi connectivity index (χ0v) is 11.5. The van der Waals surface area contributed by atoms with Gasteiger partial charge in [-0.3, -0.25) is 4.79 Å². The molecule has 2 atom stereocenters. The minimum absolute atomic E-state index is 0.130. The lowest BCUT2D eigenvalue weighted by Crippen LogP contribution is -2.54. The highest BCUT2D eigenvalue weighted by atomic mass is 19.4. The fourth-order valence-corrected chi connectivity index (χ4v) is 2.16. The molecule has 4 nitrogen and oxygen atoms in total. The summed E-state index contributed by atoms with van der Waals surface area (Å²) in [6.07, 6.45) is -0.139. The van der Waals surface area contributed by atoms with E-state index in [1.807, 2.05) is 0 Å². The van der Waals surface area contributed by atoms with E-state index in [0.29, 0.717) is 6.29 Å². The number of rotatable bonds is 3.